The average Bonchev–Trinajstić information content (AvgIpc) is 2.72. The van der Waals surface area contributed by atoms with Crippen molar-refractivity contribution in [2.75, 3.05) is 0 Å². The normalized spacial score (nSPS) is 34.1. The smallest absolute Gasteiger partial charge is 0.160 e. The maximum atomic E-state index is 6.05. The molecule has 1 saturated heterocycles. The zero-order valence-corrected chi connectivity index (χ0v) is 11.7. The van der Waals surface area contributed by atoms with Gasteiger partial charge in [0.25, 0.3) is 0 Å². The molecule has 1 heterocycles. The van der Waals surface area contributed by atoms with E-state index in [1.165, 1.54) is 0 Å². The third kappa shape index (κ3) is 3.96. The van der Waals surface area contributed by atoms with Crippen molar-refractivity contribution >= 4 is 0 Å². The van der Waals surface area contributed by atoms with Gasteiger partial charge in [-0.15, -0.1) is 0 Å². The Morgan fingerprint density at radius 3 is 1.67 bits per heavy atom. The average molecular weight is 250 g/mol. The molecule has 1 aliphatic carbocycles. The minimum absolute atomic E-state index is 0.00177. The predicted octanol–water partition coefficient (Wildman–Crippen LogP) is 4.22. The van der Waals surface area contributed by atoms with E-state index in [1.807, 2.05) is 0 Å². The molecule has 0 bridgehead atoms. The van der Waals surface area contributed by atoms with E-state index in [1.54, 1.807) is 0 Å². The number of hydrogen-bond donors (Lipinski definition) is 0. The predicted molar refractivity (Wildman–Crippen MR) is 74.4 cm³/mol. The highest BCUT2D eigenvalue weighted by Gasteiger charge is 2.36. The van der Waals surface area contributed by atoms with Crippen LogP contribution in [0.1, 0.15) is 52.4 Å². The highest BCUT2D eigenvalue weighted by molar-refractivity contribution is 4.92. The standard InChI is InChI=1S/C16H26O2/c1-13(2)16-17-14-11-9-7-5-3-4-6-8-10-12-15(14)18-16/h5-8,13-16H,3-4,9-12H2,1-2H3. The second-order valence-electron chi connectivity index (χ2n) is 5.64. The van der Waals surface area contributed by atoms with Gasteiger partial charge in [0.15, 0.2) is 6.29 Å². The van der Waals surface area contributed by atoms with E-state index in [0.717, 1.165) is 38.5 Å². The summed E-state index contributed by atoms with van der Waals surface area (Å²) in [5, 5.41) is 0. The Kier molecular flexibility index (Phi) is 5.45. The zero-order valence-electron chi connectivity index (χ0n) is 11.7. The molecule has 102 valence electrons. The van der Waals surface area contributed by atoms with Crippen LogP contribution in [-0.4, -0.2) is 18.5 Å². The largest absolute Gasteiger partial charge is 0.346 e. The molecule has 0 aromatic heterocycles. The summed E-state index contributed by atoms with van der Waals surface area (Å²) in [5.41, 5.74) is 0. The van der Waals surface area contributed by atoms with Gasteiger partial charge >= 0.3 is 0 Å². The fraction of sp³-hybridized carbons (Fsp3) is 0.750. The Morgan fingerprint density at radius 1 is 0.778 bits per heavy atom. The quantitative estimate of drug-likeness (QED) is 0.649. The van der Waals surface area contributed by atoms with Crippen LogP contribution in [0.4, 0.5) is 0 Å². The molecule has 2 nitrogen and oxygen atoms in total. The summed E-state index contributed by atoms with van der Waals surface area (Å²) in [6, 6.07) is 0. The second-order valence-corrected chi connectivity index (χ2v) is 5.64. The van der Waals surface area contributed by atoms with Crippen molar-refractivity contribution in [1.82, 2.24) is 0 Å². The highest BCUT2D eigenvalue weighted by atomic mass is 16.7. The summed E-state index contributed by atoms with van der Waals surface area (Å²) in [4.78, 5) is 0. The van der Waals surface area contributed by atoms with E-state index >= 15 is 0 Å². The molecule has 0 aromatic rings. The Bertz CT molecular complexity index is 267. The van der Waals surface area contributed by atoms with Gasteiger partial charge in [0.05, 0.1) is 12.2 Å². The first-order valence-electron chi connectivity index (χ1n) is 7.38. The van der Waals surface area contributed by atoms with Crippen molar-refractivity contribution < 1.29 is 9.47 Å². The van der Waals surface area contributed by atoms with Crippen LogP contribution in [-0.2, 0) is 9.47 Å². The summed E-state index contributed by atoms with van der Waals surface area (Å²) in [6.07, 6.45) is 16.5. The lowest BCUT2D eigenvalue weighted by atomic mass is 10.0. The third-order valence-electron chi connectivity index (χ3n) is 3.65. The molecular weight excluding hydrogens is 224 g/mol. The Hall–Kier alpha value is -0.600. The van der Waals surface area contributed by atoms with E-state index in [9.17, 15) is 0 Å². The van der Waals surface area contributed by atoms with Gasteiger partial charge in [-0.1, -0.05) is 38.2 Å². The summed E-state index contributed by atoms with van der Waals surface area (Å²) >= 11 is 0. The van der Waals surface area contributed by atoms with E-state index in [0.29, 0.717) is 5.92 Å². The summed E-state index contributed by atoms with van der Waals surface area (Å²) in [5.74, 6) is 0.444. The van der Waals surface area contributed by atoms with Crippen molar-refractivity contribution in [2.45, 2.75) is 70.9 Å². The van der Waals surface area contributed by atoms with E-state index in [4.69, 9.17) is 9.47 Å². The van der Waals surface area contributed by atoms with Crippen LogP contribution in [0.5, 0.6) is 0 Å². The van der Waals surface area contributed by atoms with E-state index in [-0.39, 0.29) is 18.5 Å². The number of rotatable bonds is 1. The molecular formula is C16H26O2. The van der Waals surface area contributed by atoms with Crippen molar-refractivity contribution in [1.29, 1.82) is 0 Å². The van der Waals surface area contributed by atoms with Crippen molar-refractivity contribution in [3.63, 3.8) is 0 Å². The van der Waals surface area contributed by atoms with Crippen molar-refractivity contribution in [2.24, 2.45) is 5.92 Å². The van der Waals surface area contributed by atoms with E-state index < -0.39 is 0 Å². The van der Waals surface area contributed by atoms with Gasteiger partial charge in [0.2, 0.25) is 0 Å². The van der Waals surface area contributed by atoms with Crippen LogP contribution >= 0.6 is 0 Å². The zero-order chi connectivity index (χ0) is 12.8. The summed E-state index contributed by atoms with van der Waals surface area (Å²) in [7, 11) is 0. The molecule has 1 aliphatic heterocycles. The van der Waals surface area contributed by atoms with Gasteiger partial charge < -0.3 is 9.47 Å². The van der Waals surface area contributed by atoms with Crippen LogP contribution in [0.3, 0.4) is 0 Å². The Morgan fingerprint density at radius 2 is 1.22 bits per heavy atom. The van der Waals surface area contributed by atoms with Gasteiger partial charge in [0.1, 0.15) is 0 Å². The minimum Gasteiger partial charge on any atom is -0.346 e. The Labute approximate surface area is 111 Å². The first-order valence-corrected chi connectivity index (χ1v) is 7.38. The molecule has 0 amide bonds. The van der Waals surface area contributed by atoms with Gasteiger partial charge in [0, 0.05) is 5.92 Å². The molecule has 0 radical (unpaired) electrons. The van der Waals surface area contributed by atoms with E-state index in [2.05, 4.69) is 38.2 Å². The third-order valence-corrected chi connectivity index (χ3v) is 3.65. The molecule has 0 N–H and O–H groups in total. The lowest BCUT2D eigenvalue weighted by Gasteiger charge is -2.15. The Balaban J connectivity index is 1.95. The lowest BCUT2D eigenvalue weighted by Crippen LogP contribution is -2.22. The molecule has 2 rings (SSSR count). The second kappa shape index (κ2) is 7.10. The van der Waals surface area contributed by atoms with Crippen LogP contribution in [0.15, 0.2) is 24.3 Å². The summed E-state index contributed by atoms with van der Waals surface area (Å²) < 4.78 is 12.1. The van der Waals surface area contributed by atoms with Crippen molar-refractivity contribution in [3.8, 4) is 0 Å². The molecule has 18 heavy (non-hydrogen) atoms. The molecule has 0 saturated carbocycles. The highest BCUT2D eigenvalue weighted by Crippen LogP contribution is 2.30. The first-order chi connectivity index (χ1) is 8.77. The van der Waals surface area contributed by atoms with Gasteiger partial charge in [-0.25, -0.2) is 0 Å². The fourth-order valence-electron chi connectivity index (χ4n) is 2.56. The molecule has 2 unspecified atom stereocenters. The minimum atomic E-state index is -0.00177. The van der Waals surface area contributed by atoms with Gasteiger partial charge in [-0.05, 0) is 38.5 Å². The number of fused-ring (bicyclic) bond motifs is 1. The fourth-order valence-corrected chi connectivity index (χ4v) is 2.56. The van der Waals surface area contributed by atoms with Crippen LogP contribution in [0.2, 0.25) is 0 Å². The molecule has 2 aliphatic rings. The van der Waals surface area contributed by atoms with Crippen LogP contribution in [0, 0.1) is 5.92 Å². The number of ether oxygens (including phenoxy) is 2. The molecule has 2 atom stereocenters. The molecule has 0 aromatic carbocycles. The molecule has 1 fully saturated rings. The van der Waals surface area contributed by atoms with Gasteiger partial charge in [-0.3, -0.25) is 0 Å². The molecule has 0 spiro atoms. The maximum absolute atomic E-state index is 6.05. The SMILES string of the molecule is CC(C)C1OC2CCC=CCCC=CCCC2O1. The summed E-state index contributed by atoms with van der Waals surface area (Å²) in [6.45, 7) is 4.33. The van der Waals surface area contributed by atoms with Crippen molar-refractivity contribution in [3.05, 3.63) is 24.3 Å². The maximum Gasteiger partial charge on any atom is 0.160 e. The number of hydrogen-bond acceptors (Lipinski definition) is 2. The molecule has 2 heteroatoms. The van der Waals surface area contributed by atoms with Crippen LogP contribution < -0.4 is 0 Å². The lowest BCUT2D eigenvalue weighted by molar-refractivity contribution is -0.0960. The monoisotopic (exact) mass is 250 g/mol. The van der Waals surface area contributed by atoms with Gasteiger partial charge in [-0.2, -0.15) is 0 Å². The number of allylic oxidation sites excluding steroid dienone is 4. The first kappa shape index (κ1) is 13.8. The topological polar surface area (TPSA) is 18.5 Å². The van der Waals surface area contributed by atoms with Crippen LogP contribution in [0.25, 0.3) is 0 Å².